The molecule has 1 saturated heterocycles. The Kier molecular flexibility index (Phi) is 4.32. The molecule has 5 rings (SSSR count). The van der Waals surface area contributed by atoms with Gasteiger partial charge < -0.3 is 19.1 Å². The zero-order chi connectivity index (χ0) is 19.8. The summed E-state index contributed by atoms with van der Waals surface area (Å²) >= 11 is 0. The first-order valence-electron chi connectivity index (χ1n) is 9.85. The molecule has 0 aromatic carbocycles. The average molecular weight is 389 g/mol. The molecule has 0 aliphatic carbocycles. The maximum Gasteiger partial charge on any atom is 0.272 e. The third-order valence-corrected chi connectivity index (χ3v) is 5.97. The van der Waals surface area contributed by atoms with Crippen LogP contribution in [0.5, 0.6) is 0 Å². The predicted octanol–water partition coefficient (Wildman–Crippen LogP) is 2.48. The number of ether oxygens (including phenoxy) is 1. The Labute approximate surface area is 169 Å². The van der Waals surface area contributed by atoms with Crippen molar-refractivity contribution in [1.29, 1.82) is 0 Å². The molecule has 1 amide bonds. The van der Waals surface area contributed by atoms with Crippen LogP contribution in [-0.2, 0) is 10.3 Å². The minimum atomic E-state index is -0.317. The number of hydrogen-bond acceptors (Lipinski definition) is 5. The van der Waals surface area contributed by atoms with Gasteiger partial charge in [0.1, 0.15) is 11.2 Å². The molecule has 29 heavy (non-hydrogen) atoms. The molecule has 0 N–H and O–H groups in total. The van der Waals surface area contributed by atoms with Gasteiger partial charge in [-0.1, -0.05) is 6.07 Å². The van der Waals surface area contributed by atoms with E-state index in [0.717, 1.165) is 30.2 Å². The third kappa shape index (κ3) is 2.73. The highest BCUT2D eigenvalue weighted by Crippen LogP contribution is 2.46. The van der Waals surface area contributed by atoms with Crippen LogP contribution in [0, 0.1) is 0 Å². The van der Waals surface area contributed by atoms with Gasteiger partial charge in [-0.3, -0.25) is 9.78 Å². The van der Waals surface area contributed by atoms with E-state index in [9.17, 15) is 4.79 Å². The van der Waals surface area contributed by atoms with Crippen LogP contribution in [0.1, 0.15) is 22.6 Å². The number of carbonyl (C=O) groups is 1. The number of nitrogens with zero attached hydrogens (tertiary/aromatic N) is 5. The van der Waals surface area contributed by atoms with E-state index in [1.807, 2.05) is 29.3 Å². The second-order valence-electron chi connectivity index (χ2n) is 7.48. The van der Waals surface area contributed by atoms with Gasteiger partial charge in [0.25, 0.3) is 5.91 Å². The lowest BCUT2D eigenvalue weighted by atomic mass is 9.89. The van der Waals surface area contributed by atoms with Crippen molar-refractivity contribution in [1.82, 2.24) is 19.4 Å². The highest BCUT2D eigenvalue weighted by molar-refractivity contribution is 5.92. The molecule has 5 heterocycles. The van der Waals surface area contributed by atoms with Crippen LogP contribution in [0.4, 0.5) is 5.69 Å². The standard InChI is InChI=1S/C22H23N5O2/c1-29-15-14-27-18-7-4-11-24-20(18)26-12-5-8-19(26)22(27)9-13-25(16-22)21(28)17-6-2-3-10-23-17/h2-8,10-12H,9,13-16H2,1H3. The number of amides is 1. The Morgan fingerprint density at radius 2 is 2.03 bits per heavy atom. The molecule has 1 spiro atoms. The Morgan fingerprint density at radius 1 is 1.14 bits per heavy atom. The Balaban J connectivity index is 1.57. The molecule has 2 aliphatic rings. The highest BCUT2D eigenvalue weighted by atomic mass is 16.5. The van der Waals surface area contributed by atoms with Crippen molar-refractivity contribution in [2.24, 2.45) is 0 Å². The van der Waals surface area contributed by atoms with Crippen LogP contribution < -0.4 is 4.90 Å². The average Bonchev–Trinajstić information content (AvgIpc) is 3.43. The molecular weight excluding hydrogens is 366 g/mol. The minimum Gasteiger partial charge on any atom is -0.383 e. The number of fused-ring (bicyclic) bond motifs is 4. The maximum absolute atomic E-state index is 13.1. The van der Waals surface area contributed by atoms with Crippen molar-refractivity contribution in [2.45, 2.75) is 12.0 Å². The molecule has 0 radical (unpaired) electrons. The van der Waals surface area contributed by atoms with Crippen molar-refractivity contribution < 1.29 is 9.53 Å². The van der Waals surface area contributed by atoms with Crippen molar-refractivity contribution in [3.8, 4) is 5.82 Å². The molecule has 7 nitrogen and oxygen atoms in total. The number of hydrogen-bond donors (Lipinski definition) is 0. The quantitative estimate of drug-likeness (QED) is 0.686. The zero-order valence-corrected chi connectivity index (χ0v) is 16.4. The lowest BCUT2D eigenvalue weighted by Gasteiger charge is -2.47. The van der Waals surface area contributed by atoms with E-state index in [0.29, 0.717) is 25.4 Å². The smallest absolute Gasteiger partial charge is 0.272 e. The van der Waals surface area contributed by atoms with E-state index in [-0.39, 0.29) is 11.4 Å². The topological polar surface area (TPSA) is 63.5 Å². The molecule has 0 bridgehead atoms. The van der Waals surface area contributed by atoms with Gasteiger partial charge in [-0.2, -0.15) is 0 Å². The molecule has 1 unspecified atom stereocenters. The summed E-state index contributed by atoms with van der Waals surface area (Å²) < 4.78 is 7.58. The number of pyridine rings is 2. The Morgan fingerprint density at radius 3 is 2.86 bits per heavy atom. The summed E-state index contributed by atoms with van der Waals surface area (Å²) in [5.41, 5.74) is 2.40. The van der Waals surface area contributed by atoms with Crippen LogP contribution in [0.3, 0.4) is 0 Å². The first-order valence-corrected chi connectivity index (χ1v) is 9.85. The van der Waals surface area contributed by atoms with Gasteiger partial charge in [0.2, 0.25) is 0 Å². The predicted molar refractivity (Wildman–Crippen MR) is 109 cm³/mol. The summed E-state index contributed by atoms with van der Waals surface area (Å²) in [6.45, 7) is 2.61. The highest BCUT2D eigenvalue weighted by Gasteiger charge is 2.50. The van der Waals surface area contributed by atoms with Crippen LogP contribution in [0.25, 0.3) is 5.82 Å². The van der Waals surface area contributed by atoms with Gasteiger partial charge in [0.05, 0.1) is 18.0 Å². The molecule has 3 aromatic heterocycles. The van der Waals surface area contributed by atoms with Gasteiger partial charge in [-0.15, -0.1) is 0 Å². The van der Waals surface area contributed by atoms with E-state index in [4.69, 9.17) is 4.74 Å². The van der Waals surface area contributed by atoms with E-state index in [1.165, 1.54) is 0 Å². The Bertz CT molecular complexity index is 1030. The number of methoxy groups -OCH3 is 1. The van der Waals surface area contributed by atoms with Crippen LogP contribution in [0.15, 0.2) is 61.1 Å². The van der Waals surface area contributed by atoms with Gasteiger partial charge in [-0.05, 0) is 42.8 Å². The summed E-state index contributed by atoms with van der Waals surface area (Å²) in [4.78, 5) is 26.3. The number of likely N-dealkylation sites (tertiary alicyclic amines) is 1. The summed E-state index contributed by atoms with van der Waals surface area (Å²) in [5.74, 6) is 0.896. The molecule has 1 atom stereocenters. The first kappa shape index (κ1) is 17.9. The van der Waals surface area contributed by atoms with Gasteiger partial charge in [0, 0.05) is 45.3 Å². The monoisotopic (exact) mass is 389 g/mol. The lowest BCUT2D eigenvalue weighted by Crippen LogP contribution is -2.53. The first-order chi connectivity index (χ1) is 14.2. The van der Waals surface area contributed by atoms with Crippen molar-refractivity contribution in [3.63, 3.8) is 0 Å². The fourth-order valence-corrected chi connectivity index (χ4v) is 4.66. The maximum atomic E-state index is 13.1. The third-order valence-electron chi connectivity index (χ3n) is 5.97. The Hall–Kier alpha value is -3.19. The second kappa shape index (κ2) is 7.00. The van der Waals surface area contributed by atoms with Crippen molar-refractivity contribution in [2.75, 3.05) is 38.3 Å². The largest absolute Gasteiger partial charge is 0.383 e. The van der Waals surface area contributed by atoms with Crippen LogP contribution >= 0.6 is 0 Å². The van der Waals surface area contributed by atoms with Gasteiger partial charge >= 0.3 is 0 Å². The van der Waals surface area contributed by atoms with E-state index in [2.05, 4.69) is 43.8 Å². The summed E-state index contributed by atoms with van der Waals surface area (Å²) in [7, 11) is 1.72. The molecule has 2 aliphatic heterocycles. The van der Waals surface area contributed by atoms with Gasteiger partial charge in [-0.25, -0.2) is 4.98 Å². The number of aromatic nitrogens is 3. The van der Waals surface area contributed by atoms with Crippen molar-refractivity contribution >= 4 is 11.6 Å². The molecule has 3 aromatic rings. The summed E-state index contributed by atoms with van der Waals surface area (Å²) in [5, 5.41) is 0. The van der Waals surface area contributed by atoms with Crippen LogP contribution in [-0.4, -0.2) is 58.7 Å². The molecular formula is C22H23N5O2. The SMILES string of the molecule is COCCN1c2cccnc2-n2cccc2C12CCN(C(=O)c1ccccn1)C2. The van der Waals surface area contributed by atoms with E-state index >= 15 is 0 Å². The molecule has 0 saturated carbocycles. The normalized spacial score (nSPS) is 20.0. The summed E-state index contributed by atoms with van der Waals surface area (Å²) in [6.07, 6.45) is 6.38. The van der Waals surface area contributed by atoms with E-state index < -0.39 is 0 Å². The molecule has 7 heteroatoms. The number of rotatable bonds is 4. The minimum absolute atomic E-state index is 0.0238. The van der Waals surface area contributed by atoms with Crippen LogP contribution in [0.2, 0.25) is 0 Å². The fraction of sp³-hybridized carbons (Fsp3) is 0.318. The zero-order valence-electron chi connectivity index (χ0n) is 16.4. The molecule has 1 fully saturated rings. The lowest BCUT2D eigenvalue weighted by molar-refractivity contribution is 0.0775. The number of anilines is 1. The molecule has 148 valence electrons. The number of carbonyl (C=O) groups excluding carboxylic acids is 1. The fourth-order valence-electron chi connectivity index (χ4n) is 4.66. The summed E-state index contributed by atoms with van der Waals surface area (Å²) in [6, 6.07) is 13.7. The van der Waals surface area contributed by atoms with Crippen molar-refractivity contribution in [3.05, 3.63) is 72.4 Å². The second-order valence-corrected chi connectivity index (χ2v) is 7.48. The van der Waals surface area contributed by atoms with Gasteiger partial charge in [0.15, 0.2) is 5.82 Å². The van der Waals surface area contributed by atoms with E-state index in [1.54, 1.807) is 19.4 Å².